The van der Waals surface area contributed by atoms with Gasteiger partial charge in [-0.1, -0.05) is 13.3 Å². The van der Waals surface area contributed by atoms with Crippen molar-refractivity contribution in [3.63, 3.8) is 0 Å². The first kappa shape index (κ1) is 14.1. The molecule has 106 valence electrons. The van der Waals surface area contributed by atoms with Crippen molar-refractivity contribution in [3.05, 3.63) is 32.6 Å². The molecule has 0 saturated heterocycles. The van der Waals surface area contributed by atoms with E-state index in [-0.39, 0.29) is 11.2 Å². The van der Waals surface area contributed by atoms with Crippen LogP contribution in [0.15, 0.2) is 15.7 Å². The summed E-state index contributed by atoms with van der Waals surface area (Å²) < 4.78 is 2.66. The summed E-state index contributed by atoms with van der Waals surface area (Å²) >= 11 is 0. The van der Waals surface area contributed by atoms with Crippen LogP contribution in [-0.4, -0.2) is 15.7 Å². The third kappa shape index (κ3) is 2.97. The molecule has 1 aromatic heterocycles. The molecule has 0 aliphatic heterocycles. The maximum Gasteiger partial charge on any atom is 0.330 e. The minimum absolute atomic E-state index is 0.241. The Morgan fingerprint density at radius 3 is 2.53 bits per heavy atom. The first-order valence-electron chi connectivity index (χ1n) is 6.96. The van der Waals surface area contributed by atoms with Gasteiger partial charge < -0.3 is 5.32 Å². The zero-order valence-electron chi connectivity index (χ0n) is 12.0. The van der Waals surface area contributed by atoms with Gasteiger partial charge in [0.15, 0.2) is 0 Å². The summed E-state index contributed by atoms with van der Waals surface area (Å²) in [6, 6.07) is 1.54. The van der Waals surface area contributed by atoms with Crippen molar-refractivity contribution in [1.82, 2.24) is 14.5 Å². The fraction of sp³-hybridized carbons (Fsp3) is 0.714. The zero-order valence-corrected chi connectivity index (χ0v) is 12.0. The largest absolute Gasteiger partial charge is 0.330 e. The van der Waals surface area contributed by atoms with Gasteiger partial charge in [0.05, 0.1) is 0 Å². The van der Waals surface area contributed by atoms with Gasteiger partial charge >= 0.3 is 5.69 Å². The number of hydrogen-bond acceptors (Lipinski definition) is 3. The van der Waals surface area contributed by atoms with Crippen LogP contribution in [0.4, 0.5) is 0 Å². The van der Waals surface area contributed by atoms with Crippen LogP contribution in [0.25, 0.3) is 0 Å². The van der Waals surface area contributed by atoms with Gasteiger partial charge in [-0.2, -0.15) is 0 Å². The zero-order chi connectivity index (χ0) is 14.0. The van der Waals surface area contributed by atoms with Crippen molar-refractivity contribution >= 4 is 0 Å². The van der Waals surface area contributed by atoms with Crippen molar-refractivity contribution in [2.24, 2.45) is 19.5 Å². The van der Waals surface area contributed by atoms with E-state index in [4.69, 9.17) is 0 Å². The Balaban J connectivity index is 2.01. The van der Waals surface area contributed by atoms with E-state index in [1.54, 1.807) is 7.05 Å². The summed E-state index contributed by atoms with van der Waals surface area (Å²) in [4.78, 5) is 23.4. The molecule has 0 amide bonds. The molecule has 0 bridgehead atoms. The van der Waals surface area contributed by atoms with Gasteiger partial charge in [0.2, 0.25) is 0 Å². The fourth-order valence-electron chi connectivity index (χ4n) is 2.63. The lowest BCUT2D eigenvalue weighted by molar-refractivity contribution is 0.416. The number of aromatic nitrogens is 2. The molecule has 1 aliphatic carbocycles. The van der Waals surface area contributed by atoms with Gasteiger partial charge in [-0.05, 0) is 24.7 Å². The molecule has 0 aromatic carbocycles. The standard InChI is InChI=1S/C14H23N3O2/c1-4-5-14(6-7-14)10-15-9-11-8-12(18)17(3)13(19)16(11)2/h8,15H,4-7,9-10H2,1-3H3. The monoisotopic (exact) mass is 265 g/mol. The molecule has 2 rings (SSSR count). The van der Waals surface area contributed by atoms with Crippen LogP contribution >= 0.6 is 0 Å². The van der Waals surface area contributed by atoms with Crippen molar-refractivity contribution < 1.29 is 0 Å². The number of hydrogen-bond donors (Lipinski definition) is 1. The van der Waals surface area contributed by atoms with Crippen molar-refractivity contribution in [3.8, 4) is 0 Å². The lowest BCUT2D eigenvalue weighted by atomic mass is 10.0. The van der Waals surface area contributed by atoms with Gasteiger partial charge in [0.1, 0.15) is 0 Å². The summed E-state index contributed by atoms with van der Waals surface area (Å²) in [5.41, 5.74) is 0.724. The molecule has 19 heavy (non-hydrogen) atoms. The summed E-state index contributed by atoms with van der Waals surface area (Å²) in [5, 5.41) is 3.40. The van der Waals surface area contributed by atoms with Crippen LogP contribution in [0.3, 0.4) is 0 Å². The van der Waals surface area contributed by atoms with E-state index in [0.29, 0.717) is 12.0 Å². The third-order valence-corrected chi connectivity index (χ3v) is 4.17. The smallest absolute Gasteiger partial charge is 0.311 e. The fourth-order valence-corrected chi connectivity index (χ4v) is 2.63. The number of nitrogens with one attached hydrogen (secondary N) is 1. The second kappa shape index (κ2) is 5.33. The predicted molar refractivity (Wildman–Crippen MR) is 75.2 cm³/mol. The topological polar surface area (TPSA) is 56.0 Å². The highest BCUT2D eigenvalue weighted by molar-refractivity contribution is 5.03. The second-order valence-electron chi connectivity index (χ2n) is 5.73. The minimum atomic E-state index is -0.265. The SMILES string of the molecule is CCCC1(CNCc2cc(=O)n(C)c(=O)n2C)CC1. The molecule has 5 nitrogen and oxygen atoms in total. The van der Waals surface area contributed by atoms with Gasteiger partial charge in [0, 0.05) is 38.9 Å². The summed E-state index contributed by atoms with van der Waals surface area (Å²) in [6.07, 6.45) is 5.06. The van der Waals surface area contributed by atoms with E-state index in [0.717, 1.165) is 16.8 Å². The molecule has 0 spiro atoms. The molecular formula is C14H23N3O2. The predicted octanol–water partition coefficient (Wildman–Crippen LogP) is 0.754. The average Bonchev–Trinajstić information content (AvgIpc) is 3.13. The quantitative estimate of drug-likeness (QED) is 0.826. The van der Waals surface area contributed by atoms with Gasteiger partial charge in [0.25, 0.3) is 5.56 Å². The Morgan fingerprint density at radius 2 is 1.95 bits per heavy atom. The van der Waals surface area contributed by atoms with Gasteiger partial charge in [-0.25, -0.2) is 4.79 Å². The highest BCUT2D eigenvalue weighted by Crippen LogP contribution is 2.48. The molecule has 5 heteroatoms. The molecule has 1 heterocycles. The van der Waals surface area contributed by atoms with Crippen LogP contribution in [0.1, 0.15) is 38.3 Å². The average molecular weight is 265 g/mol. The van der Waals surface area contributed by atoms with Gasteiger partial charge in [-0.3, -0.25) is 13.9 Å². The van der Waals surface area contributed by atoms with E-state index in [9.17, 15) is 9.59 Å². The Labute approximate surface area is 113 Å². The third-order valence-electron chi connectivity index (χ3n) is 4.17. The maximum absolute atomic E-state index is 11.8. The normalized spacial score (nSPS) is 16.6. The molecular weight excluding hydrogens is 242 g/mol. The Bertz CT molecular complexity index is 567. The Hall–Kier alpha value is -1.36. The lowest BCUT2D eigenvalue weighted by Gasteiger charge is -2.16. The molecule has 1 aromatic rings. The van der Waals surface area contributed by atoms with Crippen LogP contribution in [0, 0.1) is 5.41 Å². The van der Waals surface area contributed by atoms with E-state index in [1.165, 1.54) is 43.4 Å². The Morgan fingerprint density at radius 1 is 1.26 bits per heavy atom. The van der Waals surface area contributed by atoms with Crippen molar-refractivity contribution in [2.45, 2.75) is 39.2 Å². The molecule has 1 fully saturated rings. The van der Waals surface area contributed by atoms with Crippen LogP contribution in [-0.2, 0) is 20.6 Å². The lowest BCUT2D eigenvalue weighted by Crippen LogP contribution is -2.39. The van der Waals surface area contributed by atoms with E-state index in [1.807, 2.05) is 0 Å². The first-order chi connectivity index (χ1) is 8.99. The summed E-state index contributed by atoms with van der Waals surface area (Å²) in [5.74, 6) is 0. The highest BCUT2D eigenvalue weighted by atomic mass is 16.2. The molecule has 0 atom stereocenters. The van der Waals surface area contributed by atoms with E-state index < -0.39 is 0 Å². The van der Waals surface area contributed by atoms with Crippen molar-refractivity contribution in [2.75, 3.05) is 6.54 Å². The molecule has 1 aliphatic rings. The number of nitrogens with zero attached hydrogens (tertiary/aromatic N) is 2. The number of rotatable bonds is 6. The Kier molecular flexibility index (Phi) is 3.94. The highest BCUT2D eigenvalue weighted by Gasteiger charge is 2.40. The molecule has 1 N–H and O–H groups in total. The minimum Gasteiger partial charge on any atom is -0.311 e. The van der Waals surface area contributed by atoms with E-state index >= 15 is 0 Å². The van der Waals surface area contributed by atoms with Gasteiger partial charge in [-0.15, -0.1) is 0 Å². The second-order valence-corrected chi connectivity index (χ2v) is 5.73. The summed E-state index contributed by atoms with van der Waals surface area (Å²) in [6.45, 7) is 3.77. The molecule has 1 saturated carbocycles. The van der Waals surface area contributed by atoms with E-state index in [2.05, 4.69) is 12.2 Å². The van der Waals surface area contributed by atoms with Crippen LogP contribution in [0.5, 0.6) is 0 Å². The van der Waals surface area contributed by atoms with Crippen LogP contribution < -0.4 is 16.6 Å². The first-order valence-corrected chi connectivity index (χ1v) is 6.96. The summed E-state index contributed by atoms with van der Waals surface area (Å²) in [7, 11) is 3.21. The van der Waals surface area contributed by atoms with Crippen LogP contribution in [0.2, 0.25) is 0 Å². The van der Waals surface area contributed by atoms with Crippen molar-refractivity contribution in [1.29, 1.82) is 0 Å². The molecule has 0 unspecified atom stereocenters. The maximum atomic E-state index is 11.8. The molecule has 0 radical (unpaired) electrons.